The van der Waals surface area contributed by atoms with E-state index in [2.05, 4.69) is 81.2 Å². The predicted molar refractivity (Wildman–Crippen MR) is 372 cm³/mol. The molecule has 1 aromatic heterocycles. The van der Waals surface area contributed by atoms with Crippen LogP contribution in [-0.2, 0) is 36.9 Å². The number of piperazine rings is 2. The minimum atomic E-state index is -1.10. The molecule has 518 valence electrons. The largest absolute Gasteiger partial charge is 0.504 e. The molecule has 2 saturated heterocycles. The van der Waals surface area contributed by atoms with Gasteiger partial charge >= 0.3 is 0 Å². The highest BCUT2D eigenvalue weighted by atomic mass is 16.5. The van der Waals surface area contributed by atoms with Gasteiger partial charge in [-0.05, 0) is 190 Å². The third-order valence-electron chi connectivity index (χ3n) is 22.8. The van der Waals surface area contributed by atoms with Gasteiger partial charge in [0, 0.05) is 117 Å². The van der Waals surface area contributed by atoms with E-state index >= 15 is 0 Å². The SMILES string of the molecule is COc1cc(/C=C/C(=O)C(Cc2cn(CCCCC(=O)NCCCN3CCN(CCCNC(=O)CCN4CCN(CCCO[C@H]5CC[C@@]6(C)C(=CC[C@H]7[C@@H]8CC[C@H]([C@H](C)CCCC(C)C)[C@@]8(C)CC[C@@H]76)C5)CC4)CC3)nn2)C(=O)/C=C/c2ccc(O)c(OC)c2)ccc1O. The van der Waals surface area contributed by atoms with Crippen molar-refractivity contribution in [2.75, 3.05) is 112 Å². The number of unbranched alkanes of at least 4 members (excludes halogenated alkanes) is 1. The van der Waals surface area contributed by atoms with Crippen molar-refractivity contribution in [3.63, 3.8) is 0 Å². The molecule has 4 aliphatic carbocycles. The van der Waals surface area contributed by atoms with Crippen LogP contribution in [0.3, 0.4) is 0 Å². The van der Waals surface area contributed by atoms with Crippen molar-refractivity contribution in [1.82, 2.24) is 45.2 Å². The number of phenols is 2. The van der Waals surface area contributed by atoms with Crippen molar-refractivity contribution in [1.29, 1.82) is 0 Å². The molecule has 6 aliphatic rings. The molecular weight excluding hydrogens is 1180 g/mol. The van der Waals surface area contributed by atoms with Gasteiger partial charge in [-0.25, -0.2) is 0 Å². The number of amides is 2. The number of methoxy groups -OCH3 is 2. The number of ketones is 2. The lowest BCUT2D eigenvalue weighted by atomic mass is 9.47. The zero-order valence-corrected chi connectivity index (χ0v) is 58.2. The maximum Gasteiger partial charge on any atom is 0.221 e. The van der Waals surface area contributed by atoms with Crippen molar-refractivity contribution in [2.24, 2.45) is 52.3 Å². The van der Waals surface area contributed by atoms with Crippen LogP contribution in [-0.4, -0.2) is 187 Å². The summed E-state index contributed by atoms with van der Waals surface area (Å²) in [6.07, 6.45) is 30.9. The molecule has 9 rings (SSSR count). The lowest BCUT2D eigenvalue weighted by Gasteiger charge is -2.58. The van der Waals surface area contributed by atoms with Crippen LogP contribution < -0.4 is 20.1 Å². The van der Waals surface area contributed by atoms with Crippen molar-refractivity contribution in [3.8, 4) is 23.0 Å². The normalized spacial score (nSPS) is 24.9. The van der Waals surface area contributed by atoms with E-state index in [1.165, 1.54) is 103 Å². The number of allylic oxidation sites excluding steroid dienone is 3. The Kier molecular flexibility index (Phi) is 27.2. The first-order valence-corrected chi connectivity index (χ1v) is 36.2. The van der Waals surface area contributed by atoms with E-state index < -0.39 is 17.5 Å². The summed E-state index contributed by atoms with van der Waals surface area (Å²) in [4.78, 5) is 62.8. The number of fused-ring (bicyclic) bond motifs is 5. The summed E-state index contributed by atoms with van der Waals surface area (Å²) in [5.74, 6) is 3.92. The highest BCUT2D eigenvalue weighted by molar-refractivity contribution is 6.13. The fourth-order valence-corrected chi connectivity index (χ4v) is 17.1. The second-order valence-electron chi connectivity index (χ2n) is 29.4. The average molecular weight is 1300 g/mol. The summed E-state index contributed by atoms with van der Waals surface area (Å²) in [7, 11) is 2.87. The molecule has 0 radical (unpaired) electrons. The summed E-state index contributed by atoms with van der Waals surface area (Å²) in [5.41, 5.74) is 4.34. The number of aromatic nitrogens is 3. The predicted octanol–water partition coefficient (Wildman–Crippen LogP) is 11.1. The van der Waals surface area contributed by atoms with Crippen LogP contribution in [0.25, 0.3) is 12.2 Å². The average Bonchev–Trinajstić information content (AvgIpc) is 1.32. The molecule has 18 heteroatoms. The van der Waals surface area contributed by atoms with Gasteiger partial charge in [-0.3, -0.25) is 23.9 Å². The van der Waals surface area contributed by atoms with Crippen LogP contribution in [0.15, 0.2) is 66.4 Å². The Morgan fingerprint density at radius 3 is 1.84 bits per heavy atom. The van der Waals surface area contributed by atoms with Gasteiger partial charge in [-0.1, -0.05) is 95.0 Å². The highest BCUT2D eigenvalue weighted by Gasteiger charge is 2.59. The van der Waals surface area contributed by atoms with Gasteiger partial charge in [0.1, 0.15) is 0 Å². The molecule has 94 heavy (non-hydrogen) atoms. The number of nitrogens with zero attached hydrogens (tertiary/aromatic N) is 7. The number of nitrogens with one attached hydrogen (secondary N) is 2. The van der Waals surface area contributed by atoms with Crippen molar-refractivity contribution < 1.29 is 43.6 Å². The Bertz CT molecular complexity index is 2940. The zero-order valence-electron chi connectivity index (χ0n) is 58.2. The van der Waals surface area contributed by atoms with E-state index in [9.17, 15) is 29.4 Å². The Balaban J connectivity index is 0.568. The summed E-state index contributed by atoms with van der Waals surface area (Å²) in [6, 6.07) is 9.37. The molecule has 4 N–H and O–H groups in total. The number of benzene rings is 2. The van der Waals surface area contributed by atoms with Crippen LogP contribution in [0.1, 0.15) is 167 Å². The lowest BCUT2D eigenvalue weighted by molar-refractivity contribution is -0.127. The van der Waals surface area contributed by atoms with E-state index in [-0.39, 0.29) is 41.2 Å². The van der Waals surface area contributed by atoms with Gasteiger partial charge in [-0.2, -0.15) is 0 Å². The van der Waals surface area contributed by atoms with Gasteiger partial charge in [0.15, 0.2) is 34.6 Å². The van der Waals surface area contributed by atoms with Crippen LogP contribution in [0.2, 0.25) is 0 Å². The standard InChI is InChI=1S/C76H115N9O9/c1-55(2)14-10-15-56(3)64-23-24-65-62-22-21-59-52-61(29-32-75(59,4)66(62)30-33-76(64,65)5)94-49-13-38-83-45-47-84(48-46-83)40-31-74(91)78-35-12-37-82-43-41-81(42-44-82)36-11-34-77-73(90)16-8-9-39-85-54-60(79-80-85)53-63(67(86)25-17-57-19-27-69(88)71(50-57)92-6)68(87)26-18-58-20-28-70(89)72(51-58)93-7/h17-21,25-28,50-51,54-56,61-66,88-89H,8-16,22-24,29-49,52-53H2,1-7H3,(H,77,90)(H,78,91)/b25-17+,26-18+/t56-,61+,62+,64-,65+,66+,75+,76-/m1/s1. The fraction of sp³-hybridized carbons (Fsp3) is 0.684. The molecule has 0 unspecified atom stereocenters. The molecule has 8 atom stereocenters. The number of carbonyl (C=O) groups is 4. The second-order valence-corrected chi connectivity index (χ2v) is 29.4. The molecule has 2 aromatic carbocycles. The number of phenolic OH excluding ortho intramolecular Hbond substituents is 2. The first-order chi connectivity index (χ1) is 45.4. The van der Waals surface area contributed by atoms with Gasteiger partial charge in [-0.15, -0.1) is 5.10 Å². The number of aryl methyl sites for hydroxylation is 1. The van der Waals surface area contributed by atoms with Crippen molar-refractivity contribution >= 4 is 35.5 Å². The Labute approximate surface area is 562 Å². The maximum absolute atomic E-state index is 13.6. The summed E-state index contributed by atoms with van der Waals surface area (Å²) in [5, 5.41) is 34.8. The molecular formula is C76H115N9O9. The topological polar surface area (TPSA) is 204 Å². The third-order valence-corrected chi connectivity index (χ3v) is 22.8. The molecule has 3 saturated carbocycles. The molecule has 3 aromatic rings. The molecule has 5 fully saturated rings. The summed E-state index contributed by atoms with van der Waals surface area (Å²) in [6.45, 7) is 27.5. The fourth-order valence-electron chi connectivity index (χ4n) is 17.1. The highest BCUT2D eigenvalue weighted by Crippen LogP contribution is 2.67. The zero-order chi connectivity index (χ0) is 66.6. The van der Waals surface area contributed by atoms with Crippen molar-refractivity contribution in [3.05, 3.63) is 83.2 Å². The monoisotopic (exact) mass is 1300 g/mol. The molecule has 0 spiro atoms. The summed E-state index contributed by atoms with van der Waals surface area (Å²) >= 11 is 0. The Morgan fingerprint density at radius 2 is 1.24 bits per heavy atom. The number of rotatable bonds is 36. The van der Waals surface area contributed by atoms with Crippen LogP contribution in [0, 0.1) is 52.3 Å². The minimum absolute atomic E-state index is 0.0128. The van der Waals surface area contributed by atoms with Crippen molar-refractivity contribution in [2.45, 2.75) is 169 Å². The number of hydrogen-bond donors (Lipinski definition) is 4. The molecule has 18 nitrogen and oxygen atoms in total. The third kappa shape index (κ3) is 20.1. The van der Waals surface area contributed by atoms with Crippen LogP contribution in [0.4, 0.5) is 0 Å². The van der Waals surface area contributed by atoms with E-state index in [1.54, 1.807) is 52.9 Å². The first-order valence-electron chi connectivity index (χ1n) is 36.2. The smallest absolute Gasteiger partial charge is 0.221 e. The van der Waals surface area contributed by atoms with Crippen LogP contribution in [0.5, 0.6) is 23.0 Å². The number of aromatic hydroxyl groups is 2. The quantitative estimate of drug-likeness (QED) is 0.0185. The molecule has 0 bridgehead atoms. The van der Waals surface area contributed by atoms with E-state index in [4.69, 9.17) is 14.2 Å². The van der Waals surface area contributed by atoms with E-state index in [0.29, 0.717) is 79.1 Å². The maximum atomic E-state index is 13.6. The molecule has 2 aliphatic heterocycles. The lowest BCUT2D eigenvalue weighted by Crippen LogP contribution is -2.51. The Hall–Kier alpha value is -5.92. The number of ether oxygens (including phenoxy) is 3. The molecule has 2 amide bonds. The van der Waals surface area contributed by atoms with Gasteiger partial charge in [0.25, 0.3) is 0 Å². The number of carbonyl (C=O) groups excluding carboxylic acids is 4. The number of hydrogen-bond acceptors (Lipinski definition) is 15. The van der Waals surface area contributed by atoms with Crippen LogP contribution >= 0.6 is 0 Å². The summed E-state index contributed by atoms with van der Waals surface area (Å²) < 4.78 is 18.7. The van der Waals surface area contributed by atoms with E-state index in [0.717, 1.165) is 146 Å². The van der Waals surface area contributed by atoms with Gasteiger partial charge in [0.05, 0.1) is 31.9 Å². The first kappa shape index (κ1) is 72.4. The second kappa shape index (κ2) is 35.4. The minimum Gasteiger partial charge on any atom is -0.504 e. The van der Waals surface area contributed by atoms with E-state index in [1.807, 2.05) is 0 Å². The molecule has 3 heterocycles. The Morgan fingerprint density at radius 1 is 0.660 bits per heavy atom. The van der Waals surface area contributed by atoms with Gasteiger partial charge < -0.3 is 54.7 Å². The van der Waals surface area contributed by atoms with Gasteiger partial charge in [0.2, 0.25) is 11.8 Å².